The molecule has 6 nitrogen and oxygen atoms in total. The van der Waals surface area contributed by atoms with Gasteiger partial charge in [0.15, 0.2) is 0 Å². The summed E-state index contributed by atoms with van der Waals surface area (Å²) in [6.07, 6.45) is 1.42. The zero-order chi connectivity index (χ0) is 19.2. The van der Waals surface area contributed by atoms with E-state index in [0.29, 0.717) is 22.5 Å². The summed E-state index contributed by atoms with van der Waals surface area (Å²) in [7, 11) is 0. The zero-order valence-corrected chi connectivity index (χ0v) is 14.6. The fraction of sp³-hybridized carbons (Fsp3) is 0.0476. The number of aryl methyl sites for hydroxylation is 1. The second-order valence-electron chi connectivity index (χ2n) is 5.84. The number of rotatable bonds is 4. The van der Waals surface area contributed by atoms with Crippen LogP contribution in [0.5, 0.6) is 0 Å². The predicted octanol–water partition coefficient (Wildman–Crippen LogP) is 3.77. The van der Waals surface area contributed by atoms with Crippen LogP contribution < -0.4 is 10.6 Å². The number of carbonyl (C=O) groups excluding carboxylic acids is 2. The highest BCUT2D eigenvalue weighted by molar-refractivity contribution is 6.08. The molecule has 0 radical (unpaired) electrons. The van der Waals surface area contributed by atoms with E-state index in [-0.39, 0.29) is 11.6 Å². The largest absolute Gasteiger partial charge is 0.322 e. The molecule has 0 aliphatic rings. The van der Waals surface area contributed by atoms with Gasteiger partial charge in [-0.3, -0.25) is 14.6 Å². The van der Waals surface area contributed by atoms with E-state index < -0.39 is 5.91 Å². The summed E-state index contributed by atoms with van der Waals surface area (Å²) in [5, 5.41) is 14.3. The molecule has 1 aromatic heterocycles. The normalized spacial score (nSPS) is 9.93. The van der Waals surface area contributed by atoms with Crippen molar-refractivity contribution in [3.05, 3.63) is 89.2 Å². The number of para-hydroxylation sites is 1. The molecule has 2 aromatic carbocycles. The Balaban J connectivity index is 1.74. The number of nitrogens with one attached hydrogen (secondary N) is 2. The minimum Gasteiger partial charge on any atom is -0.322 e. The fourth-order valence-electron chi connectivity index (χ4n) is 2.43. The lowest BCUT2D eigenvalue weighted by Crippen LogP contribution is -2.17. The molecule has 3 aromatic rings. The van der Waals surface area contributed by atoms with Crippen LogP contribution in [0, 0.1) is 18.3 Å². The predicted molar refractivity (Wildman–Crippen MR) is 102 cm³/mol. The Morgan fingerprint density at radius 2 is 1.70 bits per heavy atom. The Bertz CT molecular complexity index is 1040. The lowest BCUT2D eigenvalue weighted by molar-refractivity contribution is 0.102. The van der Waals surface area contributed by atoms with Crippen LogP contribution in [0.3, 0.4) is 0 Å². The van der Waals surface area contributed by atoms with Crippen molar-refractivity contribution in [1.29, 1.82) is 5.26 Å². The van der Waals surface area contributed by atoms with Crippen molar-refractivity contribution < 1.29 is 9.59 Å². The van der Waals surface area contributed by atoms with Gasteiger partial charge >= 0.3 is 0 Å². The lowest BCUT2D eigenvalue weighted by Gasteiger charge is -2.09. The molecular formula is C21H16N4O2. The van der Waals surface area contributed by atoms with Crippen LogP contribution in [0.4, 0.5) is 11.4 Å². The van der Waals surface area contributed by atoms with Gasteiger partial charge in [-0.1, -0.05) is 18.2 Å². The van der Waals surface area contributed by atoms with Gasteiger partial charge in [0.1, 0.15) is 5.69 Å². The third-order valence-corrected chi connectivity index (χ3v) is 3.92. The van der Waals surface area contributed by atoms with Gasteiger partial charge in [0.2, 0.25) is 0 Å². The SMILES string of the molecule is Cc1ccccc1NC(=O)c1ccnc(C(=O)Nc2ccc(C#N)cc2)c1. The van der Waals surface area contributed by atoms with Gasteiger partial charge in [-0.15, -0.1) is 0 Å². The quantitative estimate of drug-likeness (QED) is 0.744. The van der Waals surface area contributed by atoms with Gasteiger partial charge in [0, 0.05) is 23.1 Å². The van der Waals surface area contributed by atoms with E-state index in [4.69, 9.17) is 5.26 Å². The third-order valence-electron chi connectivity index (χ3n) is 3.92. The number of nitriles is 1. The zero-order valence-electron chi connectivity index (χ0n) is 14.6. The molecule has 0 aliphatic carbocycles. The van der Waals surface area contributed by atoms with Crippen LogP contribution >= 0.6 is 0 Å². The minimum absolute atomic E-state index is 0.122. The highest BCUT2D eigenvalue weighted by Crippen LogP contribution is 2.15. The molecular weight excluding hydrogens is 340 g/mol. The maximum atomic E-state index is 12.5. The first kappa shape index (κ1) is 17.8. The number of carbonyl (C=O) groups is 2. The summed E-state index contributed by atoms with van der Waals surface area (Å²) in [6.45, 7) is 1.90. The van der Waals surface area contributed by atoms with Crippen LogP contribution in [0.15, 0.2) is 66.9 Å². The average molecular weight is 356 g/mol. The summed E-state index contributed by atoms with van der Waals surface area (Å²) >= 11 is 0. The van der Waals surface area contributed by atoms with Gasteiger partial charge in [-0.05, 0) is 55.0 Å². The number of nitrogens with zero attached hydrogens (tertiary/aromatic N) is 2. The van der Waals surface area contributed by atoms with Crippen molar-refractivity contribution in [2.75, 3.05) is 10.6 Å². The van der Waals surface area contributed by atoms with E-state index in [1.165, 1.54) is 12.3 Å². The van der Waals surface area contributed by atoms with Crippen molar-refractivity contribution in [2.45, 2.75) is 6.92 Å². The van der Waals surface area contributed by atoms with Crippen molar-refractivity contribution >= 4 is 23.2 Å². The van der Waals surface area contributed by atoms with Crippen LogP contribution in [-0.4, -0.2) is 16.8 Å². The number of hydrogen-bond acceptors (Lipinski definition) is 4. The molecule has 0 atom stereocenters. The third kappa shape index (κ3) is 4.35. The molecule has 0 saturated carbocycles. The molecule has 27 heavy (non-hydrogen) atoms. The Labute approximate surface area is 156 Å². The van der Waals surface area contributed by atoms with E-state index in [9.17, 15) is 9.59 Å². The summed E-state index contributed by atoms with van der Waals surface area (Å²) < 4.78 is 0. The minimum atomic E-state index is -0.440. The molecule has 0 spiro atoms. The average Bonchev–Trinajstić information content (AvgIpc) is 2.70. The molecule has 6 heteroatoms. The van der Waals surface area contributed by atoms with Gasteiger partial charge < -0.3 is 10.6 Å². The molecule has 1 heterocycles. The van der Waals surface area contributed by atoms with E-state index in [2.05, 4.69) is 15.6 Å². The number of aromatic nitrogens is 1. The number of amides is 2. The van der Waals surface area contributed by atoms with Crippen molar-refractivity contribution in [2.24, 2.45) is 0 Å². The molecule has 0 fully saturated rings. The van der Waals surface area contributed by atoms with Crippen LogP contribution in [0.25, 0.3) is 0 Å². The summed E-state index contributed by atoms with van der Waals surface area (Å²) in [5.74, 6) is -0.760. The lowest BCUT2D eigenvalue weighted by atomic mass is 10.1. The number of benzene rings is 2. The van der Waals surface area contributed by atoms with Gasteiger partial charge in [0.25, 0.3) is 11.8 Å². The standard InChI is InChI=1S/C21H16N4O2/c1-14-4-2-3-5-18(14)25-20(26)16-10-11-23-19(12-16)21(27)24-17-8-6-15(13-22)7-9-17/h2-12H,1H3,(H,24,27)(H,25,26). The van der Waals surface area contributed by atoms with E-state index in [1.807, 2.05) is 37.3 Å². The molecule has 0 saturated heterocycles. The molecule has 3 rings (SSSR count). The Hall–Kier alpha value is -3.98. The van der Waals surface area contributed by atoms with Gasteiger partial charge in [-0.2, -0.15) is 5.26 Å². The Morgan fingerprint density at radius 3 is 2.41 bits per heavy atom. The van der Waals surface area contributed by atoms with Crippen LogP contribution in [-0.2, 0) is 0 Å². The van der Waals surface area contributed by atoms with E-state index in [1.54, 1.807) is 30.3 Å². The van der Waals surface area contributed by atoms with Crippen LogP contribution in [0.2, 0.25) is 0 Å². The number of anilines is 2. The first-order chi connectivity index (χ1) is 13.1. The van der Waals surface area contributed by atoms with Crippen molar-refractivity contribution in [3.8, 4) is 6.07 Å². The number of pyridine rings is 1. The molecule has 2 N–H and O–H groups in total. The summed E-state index contributed by atoms with van der Waals surface area (Å²) in [4.78, 5) is 28.9. The maximum Gasteiger partial charge on any atom is 0.274 e. The monoisotopic (exact) mass is 356 g/mol. The smallest absolute Gasteiger partial charge is 0.274 e. The molecule has 0 unspecified atom stereocenters. The maximum absolute atomic E-state index is 12.5. The summed E-state index contributed by atoms with van der Waals surface area (Å²) in [5.41, 5.74) is 3.15. The van der Waals surface area contributed by atoms with Gasteiger partial charge in [-0.25, -0.2) is 0 Å². The summed E-state index contributed by atoms with van der Waals surface area (Å²) in [6, 6.07) is 18.9. The second kappa shape index (κ2) is 7.93. The first-order valence-electron chi connectivity index (χ1n) is 8.21. The molecule has 0 bridgehead atoms. The topological polar surface area (TPSA) is 94.9 Å². The highest BCUT2D eigenvalue weighted by Gasteiger charge is 2.13. The Kier molecular flexibility index (Phi) is 5.24. The Morgan fingerprint density at radius 1 is 0.963 bits per heavy atom. The fourth-order valence-corrected chi connectivity index (χ4v) is 2.43. The van der Waals surface area contributed by atoms with E-state index in [0.717, 1.165) is 5.56 Å². The first-order valence-corrected chi connectivity index (χ1v) is 8.21. The second-order valence-corrected chi connectivity index (χ2v) is 5.84. The molecule has 2 amide bonds. The van der Waals surface area contributed by atoms with Crippen molar-refractivity contribution in [3.63, 3.8) is 0 Å². The molecule has 0 aliphatic heterocycles. The van der Waals surface area contributed by atoms with Gasteiger partial charge in [0.05, 0.1) is 11.6 Å². The number of hydrogen-bond donors (Lipinski definition) is 2. The van der Waals surface area contributed by atoms with E-state index >= 15 is 0 Å². The van der Waals surface area contributed by atoms with Crippen molar-refractivity contribution in [1.82, 2.24) is 4.98 Å². The van der Waals surface area contributed by atoms with Crippen LogP contribution in [0.1, 0.15) is 32.0 Å². The highest BCUT2D eigenvalue weighted by atomic mass is 16.2. The molecule has 132 valence electrons.